The quantitative estimate of drug-likeness (QED) is 0.497. The van der Waals surface area contributed by atoms with Crippen LogP contribution < -0.4 is 5.32 Å². The number of amides is 1. The number of rotatable bonds is 5. The first-order valence-corrected chi connectivity index (χ1v) is 13.0. The van der Waals surface area contributed by atoms with Gasteiger partial charge in [0.1, 0.15) is 0 Å². The fourth-order valence-corrected chi connectivity index (χ4v) is 9.10. The molecule has 4 nitrogen and oxygen atoms in total. The Hall–Kier alpha value is -1.44. The molecule has 1 amide bonds. The van der Waals surface area contributed by atoms with Gasteiger partial charge in [-0.15, -0.1) is 22.7 Å². The van der Waals surface area contributed by atoms with Crippen molar-refractivity contribution < 1.29 is 4.79 Å². The summed E-state index contributed by atoms with van der Waals surface area (Å²) in [6.45, 7) is 0. The molecule has 0 atom stereocenters. The Labute approximate surface area is 182 Å². The van der Waals surface area contributed by atoms with Crippen molar-refractivity contribution in [3.63, 3.8) is 0 Å². The molecule has 29 heavy (non-hydrogen) atoms. The van der Waals surface area contributed by atoms with Gasteiger partial charge in [0.15, 0.2) is 9.47 Å². The largest absolute Gasteiger partial charge is 0.301 e. The highest BCUT2D eigenvalue weighted by atomic mass is 32.2. The van der Waals surface area contributed by atoms with Crippen LogP contribution in [0.2, 0.25) is 0 Å². The second-order valence-electron chi connectivity index (χ2n) is 9.01. The van der Waals surface area contributed by atoms with Crippen LogP contribution in [0.25, 0.3) is 10.2 Å². The van der Waals surface area contributed by atoms with E-state index >= 15 is 0 Å². The smallest absolute Gasteiger partial charge is 0.236 e. The SMILES string of the molecule is O=C(CSc1nc2ccccc2s1)Nc1ncc(C23CC4CC(CC(C4)C2)C3)s1. The highest BCUT2D eigenvalue weighted by molar-refractivity contribution is 8.01. The maximum absolute atomic E-state index is 12.5. The number of thioether (sulfide) groups is 1. The summed E-state index contributed by atoms with van der Waals surface area (Å²) < 4.78 is 2.10. The summed E-state index contributed by atoms with van der Waals surface area (Å²) in [7, 11) is 0. The zero-order valence-electron chi connectivity index (χ0n) is 16.1. The zero-order chi connectivity index (χ0) is 19.4. The van der Waals surface area contributed by atoms with E-state index in [1.165, 1.54) is 55.2 Å². The molecule has 1 N–H and O–H groups in total. The van der Waals surface area contributed by atoms with Crippen LogP contribution >= 0.6 is 34.4 Å². The fraction of sp³-hybridized carbons (Fsp3) is 0.500. The Morgan fingerprint density at radius 3 is 2.55 bits per heavy atom. The number of anilines is 1. The van der Waals surface area contributed by atoms with Crippen molar-refractivity contribution in [1.29, 1.82) is 0 Å². The van der Waals surface area contributed by atoms with Crippen LogP contribution in [0.4, 0.5) is 5.13 Å². The number of thiazole rings is 2. The molecule has 0 spiro atoms. The van der Waals surface area contributed by atoms with Gasteiger partial charge in [-0.2, -0.15) is 0 Å². The minimum Gasteiger partial charge on any atom is -0.301 e. The fourth-order valence-electron chi connectivity index (χ4n) is 6.18. The number of hydrogen-bond donors (Lipinski definition) is 1. The normalized spacial score (nSPS) is 30.1. The van der Waals surface area contributed by atoms with Gasteiger partial charge in [0.05, 0.1) is 16.0 Å². The lowest BCUT2D eigenvalue weighted by Gasteiger charge is -2.56. The van der Waals surface area contributed by atoms with E-state index in [9.17, 15) is 4.79 Å². The summed E-state index contributed by atoms with van der Waals surface area (Å²) >= 11 is 4.85. The first-order valence-electron chi connectivity index (χ1n) is 10.4. The molecule has 1 aromatic carbocycles. The molecule has 4 fully saturated rings. The third-order valence-electron chi connectivity index (χ3n) is 6.91. The van der Waals surface area contributed by atoms with Gasteiger partial charge in [-0.3, -0.25) is 4.79 Å². The Bertz CT molecular complexity index is 1000. The second-order valence-corrected chi connectivity index (χ2v) is 12.3. The van der Waals surface area contributed by atoms with Gasteiger partial charge < -0.3 is 5.32 Å². The minimum absolute atomic E-state index is 0.000619. The molecule has 4 bridgehead atoms. The molecule has 4 saturated carbocycles. The molecule has 0 saturated heterocycles. The number of benzene rings is 1. The van der Waals surface area contributed by atoms with E-state index in [1.54, 1.807) is 22.7 Å². The van der Waals surface area contributed by atoms with Crippen molar-refractivity contribution in [2.45, 2.75) is 48.3 Å². The molecule has 4 aliphatic carbocycles. The van der Waals surface area contributed by atoms with Crippen molar-refractivity contribution >= 4 is 55.7 Å². The van der Waals surface area contributed by atoms with Crippen molar-refractivity contribution in [3.05, 3.63) is 35.3 Å². The lowest BCUT2D eigenvalue weighted by molar-refractivity contribution is -0.113. The molecular weight excluding hydrogens is 418 g/mol. The van der Waals surface area contributed by atoms with E-state index < -0.39 is 0 Å². The highest BCUT2D eigenvalue weighted by Crippen LogP contribution is 2.61. The van der Waals surface area contributed by atoms with E-state index in [0.29, 0.717) is 11.2 Å². The molecule has 4 aliphatic rings. The highest BCUT2D eigenvalue weighted by Gasteiger charge is 2.52. The van der Waals surface area contributed by atoms with Gasteiger partial charge in [0.25, 0.3) is 0 Å². The monoisotopic (exact) mass is 441 g/mol. The topological polar surface area (TPSA) is 54.9 Å². The van der Waals surface area contributed by atoms with Gasteiger partial charge in [-0.1, -0.05) is 23.9 Å². The van der Waals surface area contributed by atoms with Crippen molar-refractivity contribution in [2.24, 2.45) is 17.8 Å². The number of nitrogens with one attached hydrogen (secondary N) is 1. The van der Waals surface area contributed by atoms with Gasteiger partial charge in [0, 0.05) is 16.5 Å². The van der Waals surface area contributed by atoms with Crippen LogP contribution in [-0.4, -0.2) is 21.6 Å². The lowest BCUT2D eigenvalue weighted by Crippen LogP contribution is -2.48. The average molecular weight is 442 g/mol. The Kier molecular flexibility index (Phi) is 4.47. The van der Waals surface area contributed by atoms with Crippen LogP contribution in [0.5, 0.6) is 0 Å². The molecule has 2 aromatic heterocycles. The lowest BCUT2D eigenvalue weighted by atomic mass is 9.49. The number of aromatic nitrogens is 2. The van der Waals surface area contributed by atoms with Crippen molar-refractivity contribution in [2.75, 3.05) is 11.1 Å². The summed E-state index contributed by atoms with van der Waals surface area (Å²) in [5.74, 6) is 3.14. The predicted octanol–water partition coefficient (Wildman–Crippen LogP) is 5.95. The Balaban J connectivity index is 1.11. The van der Waals surface area contributed by atoms with Crippen molar-refractivity contribution in [1.82, 2.24) is 9.97 Å². The van der Waals surface area contributed by atoms with Gasteiger partial charge in [0.2, 0.25) is 5.91 Å². The third kappa shape index (κ3) is 3.41. The van der Waals surface area contributed by atoms with Crippen molar-refractivity contribution in [3.8, 4) is 0 Å². The molecule has 3 aromatic rings. The molecule has 7 heteroatoms. The van der Waals surface area contributed by atoms with Gasteiger partial charge in [-0.05, 0) is 68.4 Å². The molecule has 0 unspecified atom stereocenters. The molecular formula is C22H23N3OS3. The Morgan fingerprint density at radius 1 is 1.10 bits per heavy atom. The molecule has 150 valence electrons. The first kappa shape index (κ1) is 18.3. The van der Waals surface area contributed by atoms with Crippen LogP contribution in [0, 0.1) is 17.8 Å². The van der Waals surface area contributed by atoms with Crippen LogP contribution in [0.3, 0.4) is 0 Å². The van der Waals surface area contributed by atoms with E-state index in [1.807, 2.05) is 24.4 Å². The van der Waals surface area contributed by atoms with E-state index in [4.69, 9.17) is 0 Å². The standard InChI is InChI=1S/C22H23N3OS3/c26-19(12-27-21-24-16-3-1-2-4-17(16)28-21)25-20-23-11-18(29-20)22-8-13-5-14(9-22)7-15(6-13)10-22/h1-4,11,13-15H,5-10,12H2,(H,23,25,26). The van der Waals surface area contributed by atoms with E-state index in [0.717, 1.165) is 37.4 Å². The number of nitrogens with zero attached hydrogens (tertiary/aromatic N) is 2. The van der Waals surface area contributed by atoms with Crippen LogP contribution in [0.1, 0.15) is 43.4 Å². The number of hydrogen-bond acceptors (Lipinski definition) is 6. The number of carbonyl (C=O) groups is 1. The predicted molar refractivity (Wildman–Crippen MR) is 121 cm³/mol. The van der Waals surface area contributed by atoms with E-state index in [2.05, 4.69) is 21.4 Å². The Morgan fingerprint density at radius 2 is 1.83 bits per heavy atom. The molecule has 0 radical (unpaired) electrons. The molecule has 2 heterocycles. The number of para-hydroxylation sites is 1. The maximum atomic E-state index is 12.5. The minimum atomic E-state index is 0.000619. The summed E-state index contributed by atoms with van der Waals surface area (Å²) in [5.41, 5.74) is 1.35. The third-order valence-corrected chi connectivity index (χ3v) is 10.3. The van der Waals surface area contributed by atoms with E-state index in [-0.39, 0.29) is 5.91 Å². The average Bonchev–Trinajstić information content (AvgIpc) is 3.32. The van der Waals surface area contributed by atoms with Crippen LogP contribution in [0.15, 0.2) is 34.8 Å². The summed E-state index contributed by atoms with van der Waals surface area (Å²) in [6, 6.07) is 8.09. The molecule has 0 aliphatic heterocycles. The summed E-state index contributed by atoms with van der Waals surface area (Å²) in [4.78, 5) is 23.0. The van der Waals surface area contributed by atoms with Gasteiger partial charge in [-0.25, -0.2) is 9.97 Å². The van der Waals surface area contributed by atoms with Gasteiger partial charge >= 0.3 is 0 Å². The first-order chi connectivity index (χ1) is 14.1. The zero-order valence-corrected chi connectivity index (χ0v) is 18.5. The maximum Gasteiger partial charge on any atom is 0.236 e. The van der Waals surface area contributed by atoms with Crippen LogP contribution in [-0.2, 0) is 10.2 Å². The molecule has 7 rings (SSSR count). The number of carbonyl (C=O) groups excluding carboxylic acids is 1. The summed E-state index contributed by atoms with van der Waals surface area (Å²) in [5, 5.41) is 3.78. The summed E-state index contributed by atoms with van der Waals surface area (Å²) in [6.07, 6.45) is 10.4. The number of fused-ring (bicyclic) bond motifs is 1. The second kappa shape index (κ2) is 7.06.